The van der Waals surface area contributed by atoms with Crippen LogP contribution in [0.4, 0.5) is 10.1 Å². The lowest BCUT2D eigenvalue weighted by Gasteiger charge is -2.41. The van der Waals surface area contributed by atoms with E-state index in [9.17, 15) is 9.18 Å². The largest absolute Gasteiger partial charge is 0.461 e. The summed E-state index contributed by atoms with van der Waals surface area (Å²) in [4.78, 5) is 22.7. The standard InChI is InChI=1S/C37H47FN6O3/c1-23(2)46-35(45)33(47-36(5,6)7)31-25(4)39-24(3)30(32(31)43-19-17-37(8,9)18-20-43)27-11-10-12-28(21-27)34-40-42-44(41-34)22-26-13-15-29(38)16-14-26/h10-16,21,23,33H,17-20,22H2,1-9H3. The Morgan fingerprint density at radius 3 is 2.30 bits per heavy atom. The van der Waals surface area contributed by atoms with Crippen molar-refractivity contribution in [2.24, 2.45) is 5.41 Å². The van der Waals surface area contributed by atoms with E-state index in [2.05, 4.69) is 40.2 Å². The number of hydrogen-bond acceptors (Lipinski definition) is 8. The van der Waals surface area contributed by atoms with Crippen LogP contribution in [0.1, 0.15) is 89.9 Å². The summed E-state index contributed by atoms with van der Waals surface area (Å²) >= 11 is 0. The summed E-state index contributed by atoms with van der Waals surface area (Å²) in [7, 11) is 0. The van der Waals surface area contributed by atoms with Gasteiger partial charge >= 0.3 is 5.97 Å². The smallest absolute Gasteiger partial charge is 0.340 e. The van der Waals surface area contributed by atoms with Gasteiger partial charge in [0.2, 0.25) is 5.82 Å². The topological polar surface area (TPSA) is 95.3 Å². The van der Waals surface area contributed by atoms with Gasteiger partial charge in [0.1, 0.15) is 5.82 Å². The molecule has 0 radical (unpaired) electrons. The molecule has 0 N–H and O–H groups in total. The molecule has 1 atom stereocenters. The van der Waals surface area contributed by atoms with Crippen LogP contribution in [0.3, 0.4) is 0 Å². The van der Waals surface area contributed by atoms with E-state index in [-0.39, 0.29) is 17.3 Å². The monoisotopic (exact) mass is 642 g/mol. The second-order valence-corrected chi connectivity index (χ2v) is 14.5. The highest BCUT2D eigenvalue weighted by Gasteiger charge is 2.37. The zero-order chi connectivity index (χ0) is 34.1. The molecule has 0 aliphatic carbocycles. The molecule has 0 saturated carbocycles. The van der Waals surface area contributed by atoms with Gasteiger partial charge in [-0.2, -0.15) is 4.80 Å². The van der Waals surface area contributed by atoms with Crippen LogP contribution < -0.4 is 4.90 Å². The molecule has 9 nitrogen and oxygen atoms in total. The van der Waals surface area contributed by atoms with Crippen molar-refractivity contribution in [3.05, 3.63) is 76.9 Å². The van der Waals surface area contributed by atoms with Crippen LogP contribution in [0.5, 0.6) is 0 Å². The van der Waals surface area contributed by atoms with Crippen molar-refractivity contribution in [3.63, 3.8) is 0 Å². The van der Waals surface area contributed by atoms with Crippen LogP contribution in [-0.2, 0) is 20.8 Å². The zero-order valence-electron chi connectivity index (χ0n) is 29.1. The fraction of sp³-hybridized carbons (Fsp3) is 0.486. The Kier molecular flexibility index (Phi) is 9.82. The third-order valence-corrected chi connectivity index (χ3v) is 8.41. The first-order chi connectivity index (χ1) is 22.1. The van der Waals surface area contributed by atoms with Crippen molar-refractivity contribution in [1.82, 2.24) is 25.2 Å². The number of ether oxygens (including phenoxy) is 2. The first kappa shape index (κ1) is 34.2. The highest BCUT2D eigenvalue weighted by atomic mass is 19.1. The second-order valence-electron chi connectivity index (χ2n) is 14.5. The Hall–Kier alpha value is -4.18. The van der Waals surface area contributed by atoms with E-state index in [1.165, 1.54) is 16.9 Å². The number of esters is 1. The number of carbonyl (C=O) groups is 1. The summed E-state index contributed by atoms with van der Waals surface area (Å²) in [5.74, 6) is -0.242. The van der Waals surface area contributed by atoms with Crippen LogP contribution in [-0.4, -0.2) is 56.0 Å². The highest BCUT2D eigenvalue weighted by molar-refractivity contribution is 5.89. The number of aromatic nitrogens is 5. The maximum absolute atomic E-state index is 13.8. The maximum atomic E-state index is 13.8. The molecule has 0 bridgehead atoms. The van der Waals surface area contributed by atoms with E-state index in [0.29, 0.717) is 12.4 Å². The van der Waals surface area contributed by atoms with Gasteiger partial charge in [0.25, 0.3) is 0 Å². The van der Waals surface area contributed by atoms with Gasteiger partial charge in [-0.05, 0) is 101 Å². The van der Waals surface area contributed by atoms with Gasteiger partial charge in [0.15, 0.2) is 6.10 Å². The summed E-state index contributed by atoms with van der Waals surface area (Å²) in [6.45, 7) is 20.1. The minimum absolute atomic E-state index is 0.219. The molecule has 1 aliphatic heterocycles. The molecule has 10 heteroatoms. The number of tetrazole rings is 1. The van der Waals surface area contributed by atoms with Crippen LogP contribution in [0.25, 0.3) is 22.5 Å². The maximum Gasteiger partial charge on any atom is 0.340 e. The predicted octanol–water partition coefficient (Wildman–Crippen LogP) is 7.64. The number of nitrogens with zero attached hydrogens (tertiary/aromatic N) is 6. The first-order valence-electron chi connectivity index (χ1n) is 16.4. The lowest BCUT2D eigenvalue weighted by Crippen LogP contribution is -2.39. The molecule has 4 aromatic rings. The molecule has 2 aromatic heterocycles. The van der Waals surface area contributed by atoms with Gasteiger partial charge in [-0.25, -0.2) is 9.18 Å². The number of hydrogen-bond donors (Lipinski definition) is 0. The average molecular weight is 643 g/mol. The number of pyridine rings is 1. The molecular weight excluding hydrogens is 595 g/mol. The summed E-state index contributed by atoms with van der Waals surface area (Å²) in [6, 6.07) is 14.3. The Morgan fingerprint density at radius 2 is 1.66 bits per heavy atom. The summed E-state index contributed by atoms with van der Waals surface area (Å²) in [6.07, 6.45) is 0.751. The number of halogens is 1. The van der Waals surface area contributed by atoms with Gasteiger partial charge in [-0.3, -0.25) is 4.98 Å². The Morgan fingerprint density at radius 1 is 1.00 bits per heavy atom. The van der Waals surface area contributed by atoms with Crippen LogP contribution >= 0.6 is 0 Å². The second kappa shape index (κ2) is 13.5. The number of aryl methyl sites for hydroxylation is 2. The van der Waals surface area contributed by atoms with Crippen LogP contribution in [0.2, 0.25) is 0 Å². The molecule has 2 aromatic carbocycles. The van der Waals surface area contributed by atoms with Gasteiger partial charge in [-0.1, -0.05) is 44.2 Å². The minimum atomic E-state index is -0.967. The van der Waals surface area contributed by atoms with Crippen molar-refractivity contribution in [1.29, 1.82) is 0 Å². The molecule has 1 aliphatic rings. The average Bonchev–Trinajstić information content (AvgIpc) is 3.45. The van der Waals surface area contributed by atoms with E-state index in [4.69, 9.17) is 14.5 Å². The van der Waals surface area contributed by atoms with E-state index < -0.39 is 17.7 Å². The van der Waals surface area contributed by atoms with Gasteiger partial charge in [-0.15, -0.1) is 10.2 Å². The van der Waals surface area contributed by atoms with Crippen molar-refractivity contribution < 1.29 is 18.7 Å². The normalized spacial score (nSPS) is 15.6. The molecule has 1 fully saturated rings. The van der Waals surface area contributed by atoms with Gasteiger partial charge < -0.3 is 14.4 Å². The summed E-state index contributed by atoms with van der Waals surface area (Å²) < 4.78 is 25.7. The van der Waals surface area contributed by atoms with Crippen molar-refractivity contribution in [2.75, 3.05) is 18.0 Å². The van der Waals surface area contributed by atoms with Crippen LogP contribution in [0, 0.1) is 25.1 Å². The Balaban J connectivity index is 1.63. The fourth-order valence-corrected chi connectivity index (χ4v) is 6.03. The lowest BCUT2D eigenvalue weighted by molar-refractivity contribution is -0.171. The molecule has 5 rings (SSSR count). The van der Waals surface area contributed by atoms with E-state index in [0.717, 1.165) is 70.8 Å². The molecule has 1 saturated heterocycles. The Labute approximate surface area is 277 Å². The van der Waals surface area contributed by atoms with Crippen molar-refractivity contribution >= 4 is 11.7 Å². The number of rotatable bonds is 9. The molecular formula is C37H47FN6O3. The van der Waals surface area contributed by atoms with E-state index >= 15 is 0 Å². The number of anilines is 1. The van der Waals surface area contributed by atoms with Gasteiger partial charge in [0.05, 0.1) is 23.9 Å². The molecule has 0 spiro atoms. The highest BCUT2D eigenvalue weighted by Crippen LogP contribution is 2.45. The molecule has 3 heterocycles. The molecule has 47 heavy (non-hydrogen) atoms. The molecule has 0 amide bonds. The fourth-order valence-electron chi connectivity index (χ4n) is 6.03. The van der Waals surface area contributed by atoms with Crippen LogP contribution in [0.15, 0.2) is 48.5 Å². The number of benzene rings is 2. The van der Waals surface area contributed by atoms with E-state index in [1.807, 2.05) is 66.7 Å². The molecule has 250 valence electrons. The zero-order valence-corrected chi connectivity index (χ0v) is 29.1. The van der Waals surface area contributed by atoms with Crippen molar-refractivity contribution in [2.45, 2.75) is 99.5 Å². The predicted molar refractivity (Wildman–Crippen MR) is 181 cm³/mol. The summed E-state index contributed by atoms with van der Waals surface area (Å²) in [5.41, 5.74) is 6.40. The number of carbonyl (C=O) groups excluding carboxylic acids is 1. The van der Waals surface area contributed by atoms with E-state index in [1.54, 1.807) is 12.1 Å². The van der Waals surface area contributed by atoms with Gasteiger partial charge in [0, 0.05) is 41.2 Å². The Bertz CT molecular complexity index is 1720. The lowest BCUT2D eigenvalue weighted by atomic mass is 9.81. The van der Waals surface area contributed by atoms with Crippen molar-refractivity contribution in [3.8, 4) is 22.5 Å². The summed E-state index contributed by atoms with van der Waals surface area (Å²) in [5, 5.41) is 13.2. The first-order valence-corrected chi connectivity index (χ1v) is 16.4. The minimum Gasteiger partial charge on any atom is -0.461 e. The third-order valence-electron chi connectivity index (χ3n) is 8.41. The third kappa shape index (κ3) is 8.22. The molecule has 1 unspecified atom stereocenters. The number of piperidine rings is 1. The SMILES string of the molecule is Cc1nc(C)c(C(OC(C)(C)C)C(=O)OC(C)C)c(N2CCC(C)(C)CC2)c1-c1cccc(-c2nnn(Cc3ccc(F)cc3)n2)c1. The quantitative estimate of drug-likeness (QED) is 0.172.